The molecule has 1 N–H and O–H groups in total. The van der Waals surface area contributed by atoms with Crippen molar-refractivity contribution in [3.8, 4) is 28.1 Å². The maximum absolute atomic E-state index is 14.9. The maximum atomic E-state index is 14.9. The average Bonchev–Trinajstić information content (AvgIpc) is 3.19. The highest BCUT2D eigenvalue weighted by atomic mass is 19.1. The van der Waals surface area contributed by atoms with Crippen LogP contribution in [0.15, 0.2) is 97.2 Å². The molecular weight excluding hydrogens is 375 g/mol. The number of fused-ring (bicyclic) bond motifs is 1. The van der Waals surface area contributed by atoms with Gasteiger partial charge in [-0.3, -0.25) is 0 Å². The summed E-state index contributed by atoms with van der Waals surface area (Å²) in [6.07, 6.45) is 1.75. The van der Waals surface area contributed by atoms with E-state index in [2.05, 4.69) is 9.97 Å². The molecular formula is C26H19FN2O. The fraction of sp³-hybridized carbons (Fsp3) is 0.0385. The average molecular weight is 394 g/mol. The summed E-state index contributed by atoms with van der Waals surface area (Å²) < 4.78 is 20.6. The van der Waals surface area contributed by atoms with Gasteiger partial charge in [0.05, 0.1) is 5.69 Å². The van der Waals surface area contributed by atoms with Crippen molar-refractivity contribution >= 4 is 11.0 Å². The van der Waals surface area contributed by atoms with Crippen LogP contribution in [-0.2, 0) is 6.61 Å². The van der Waals surface area contributed by atoms with Gasteiger partial charge in [0.25, 0.3) is 0 Å². The highest BCUT2D eigenvalue weighted by Gasteiger charge is 2.17. The number of nitrogens with one attached hydrogen (secondary N) is 1. The van der Waals surface area contributed by atoms with Crippen LogP contribution < -0.4 is 4.74 Å². The number of hydrogen-bond donors (Lipinski definition) is 1. The van der Waals surface area contributed by atoms with Gasteiger partial charge in [-0.1, -0.05) is 66.7 Å². The van der Waals surface area contributed by atoms with Crippen molar-refractivity contribution in [2.75, 3.05) is 0 Å². The minimum absolute atomic E-state index is 0.238. The third kappa shape index (κ3) is 3.44. The Hall–Kier alpha value is -3.92. The van der Waals surface area contributed by atoms with E-state index in [1.807, 2.05) is 78.9 Å². The van der Waals surface area contributed by atoms with Crippen molar-refractivity contribution in [2.24, 2.45) is 0 Å². The van der Waals surface area contributed by atoms with Crippen molar-refractivity contribution in [1.82, 2.24) is 9.97 Å². The first kappa shape index (κ1) is 18.1. The summed E-state index contributed by atoms with van der Waals surface area (Å²) in [5.74, 6) is -0.150. The lowest BCUT2D eigenvalue weighted by Gasteiger charge is -2.10. The van der Waals surface area contributed by atoms with Crippen LogP contribution in [0.2, 0.25) is 0 Å². The SMILES string of the molecule is Fc1cc(-c2c(-c3ccccc3)[nH]c3ncccc23)ccc1OCc1ccccc1. The van der Waals surface area contributed by atoms with Crippen molar-refractivity contribution in [1.29, 1.82) is 0 Å². The van der Waals surface area contributed by atoms with Gasteiger partial charge in [-0.25, -0.2) is 9.37 Å². The highest BCUT2D eigenvalue weighted by Crippen LogP contribution is 2.38. The summed E-state index contributed by atoms with van der Waals surface area (Å²) in [6, 6.07) is 28.7. The van der Waals surface area contributed by atoms with E-state index in [1.54, 1.807) is 12.3 Å². The molecule has 0 spiro atoms. The van der Waals surface area contributed by atoms with E-state index in [1.165, 1.54) is 6.07 Å². The summed E-state index contributed by atoms with van der Waals surface area (Å²) in [5, 5.41) is 0.953. The molecule has 30 heavy (non-hydrogen) atoms. The van der Waals surface area contributed by atoms with Crippen LogP contribution in [0.5, 0.6) is 5.75 Å². The molecule has 0 saturated carbocycles. The molecule has 2 aromatic heterocycles. The molecule has 3 nitrogen and oxygen atoms in total. The molecule has 146 valence electrons. The van der Waals surface area contributed by atoms with Crippen LogP contribution in [0.1, 0.15) is 5.56 Å². The molecule has 0 aliphatic carbocycles. The Morgan fingerprint density at radius 2 is 1.57 bits per heavy atom. The molecule has 0 fully saturated rings. The van der Waals surface area contributed by atoms with Gasteiger partial charge < -0.3 is 9.72 Å². The van der Waals surface area contributed by atoms with E-state index in [-0.39, 0.29) is 11.6 Å². The second kappa shape index (κ2) is 7.84. The van der Waals surface area contributed by atoms with Gasteiger partial charge >= 0.3 is 0 Å². The lowest BCUT2D eigenvalue weighted by atomic mass is 9.98. The summed E-state index contributed by atoms with van der Waals surface area (Å²) in [7, 11) is 0. The molecule has 3 aromatic carbocycles. The van der Waals surface area contributed by atoms with Crippen molar-refractivity contribution in [2.45, 2.75) is 6.61 Å². The molecule has 0 bridgehead atoms. The van der Waals surface area contributed by atoms with Gasteiger partial charge in [0.2, 0.25) is 0 Å². The Kier molecular flexibility index (Phi) is 4.74. The van der Waals surface area contributed by atoms with Gasteiger partial charge in [0, 0.05) is 17.1 Å². The number of hydrogen-bond acceptors (Lipinski definition) is 2. The number of nitrogens with zero attached hydrogens (tertiary/aromatic N) is 1. The summed E-state index contributed by atoms with van der Waals surface area (Å²) in [4.78, 5) is 7.84. The summed E-state index contributed by atoms with van der Waals surface area (Å²) in [6.45, 7) is 0.323. The Morgan fingerprint density at radius 3 is 2.33 bits per heavy atom. The normalized spacial score (nSPS) is 11.0. The Morgan fingerprint density at radius 1 is 0.800 bits per heavy atom. The molecule has 0 aliphatic rings. The van der Waals surface area contributed by atoms with E-state index in [0.717, 1.165) is 39.0 Å². The molecule has 0 amide bonds. The van der Waals surface area contributed by atoms with Crippen LogP contribution in [0.3, 0.4) is 0 Å². The van der Waals surface area contributed by atoms with Gasteiger partial charge in [-0.15, -0.1) is 0 Å². The van der Waals surface area contributed by atoms with Crippen molar-refractivity contribution in [3.05, 3.63) is 109 Å². The molecule has 4 heteroatoms. The lowest BCUT2D eigenvalue weighted by Crippen LogP contribution is -1.97. The van der Waals surface area contributed by atoms with Gasteiger partial charge in [-0.2, -0.15) is 0 Å². The van der Waals surface area contributed by atoms with Crippen molar-refractivity contribution in [3.63, 3.8) is 0 Å². The van der Waals surface area contributed by atoms with E-state index >= 15 is 0 Å². The number of pyridine rings is 1. The number of H-pyrrole nitrogens is 1. The number of benzene rings is 3. The van der Waals surface area contributed by atoms with Crippen LogP contribution in [-0.4, -0.2) is 9.97 Å². The fourth-order valence-corrected chi connectivity index (χ4v) is 3.65. The molecule has 0 radical (unpaired) electrons. The molecule has 0 saturated heterocycles. The first-order chi connectivity index (χ1) is 14.8. The number of ether oxygens (including phenoxy) is 1. The Balaban J connectivity index is 1.55. The topological polar surface area (TPSA) is 37.9 Å². The first-order valence-corrected chi connectivity index (χ1v) is 9.78. The predicted molar refractivity (Wildman–Crippen MR) is 118 cm³/mol. The zero-order valence-electron chi connectivity index (χ0n) is 16.2. The molecule has 0 atom stereocenters. The second-order valence-electron chi connectivity index (χ2n) is 7.06. The second-order valence-corrected chi connectivity index (χ2v) is 7.06. The number of halogens is 1. The monoisotopic (exact) mass is 394 g/mol. The largest absolute Gasteiger partial charge is 0.486 e. The van der Waals surface area contributed by atoms with Crippen LogP contribution in [0.4, 0.5) is 4.39 Å². The van der Waals surface area contributed by atoms with Crippen molar-refractivity contribution < 1.29 is 9.13 Å². The first-order valence-electron chi connectivity index (χ1n) is 9.78. The fourth-order valence-electron chi connectivity index (χ4n) is 3.65. The quantitative estimate of drug-likeness (QED) is 0.364. The number of rotatable bonds is 5. The van der Waals surface area contributed by atoms with Crippen LogP contribution in [0, 0.1) is 5.82 Å². The molecule has 5 rings (SSSR count). The molecule has 0 unspecified atom stereocenters. The van der Waals surface area contributed by atoms with Gasteiger partial charge in [0.1, 0.15) is 12.3 Å². The van der Waals surface area contributed by atoms with Gasteiger partial charge in [-0.05, 0) is 41.0 Å². The zero-order chi connectivity index (χ0) is 20.3. The molecule has 0 aliphatic heterocycles. The lowest BCUT2D eigenvalue weighted by molar-refractivity contribution is 0.290. The third-order valence-electron chi connectivity index (χ3n) is 5.09. The minimum atomic E-state index is -0.388. The third-order valence-corrected chi connectivity index (χ3v) is 5.09. The van der Waals surface area contributed by atoms with E-state index < -0.39 is 0 Å². The smallest absolute Gasteiger partial charge is 0.165 e. The van der Waals surface area contributed by atoms with Gasteiger partial charge in [0.15, 0.2) is 11.6 Å². The molecule has 2 heterocycles. The number of aromatic amines is 1. The summed E-state index contributed by atoms with van der Waals surface area (Å²) in [5.41, 5.74) is 5.42. The number of aromatic nitrogens is 2. The van der Waals surface area contributed by atoms with Crippen LogP contribution in [0.25, 0.3) is 33.4 Å². The van der Waals surface area contributed by atoms with E-state index in [0.29, 0.717) is 6.61 Å². The maximum Gasteiger partial charge on any atom is 0.165 e. The zero-order valence-corrected chi connectivity index (χ0v) is 16.2. The Bertz CT molecular complexity index is 1300. The minimum Gasteiger partial charge on any atom is -0.486 e. The van der Waals surface area contributed by atoms with E-state index in [9.17, 15) is 4.39 Å². The molecule has 5 aromatic rings. The standard InChI is InChI=1S/C26H19FN2O/c27-22-16-20(13-14-23(22)30-17-18-8-3-1-4-9-18)24-21-12-7-15-28-26(21)29-25(24)19-10-5-2-6-11-19/h1-16H,17H2,(H,28,29). The summed E-state index contributed by atoms with van der Waals surface area (Å²) >= 11 is 0. The highest BCUT2D eigenvalue weighted by molar-refractivity contribution is 6.02. The van der Waals surface area contributed by atoms with Crippen LogP contribution >= 0.6 is 0 Å². The Labute approximate surface area is 173 Å². The van der Waals surface area contributed by atoms with E-state index in [4.69, 9.17) is 4.74 Å². The predicted octanol–water partition coefficient (Wildman–Crippen LogP) is 6.62.